The second-order valence-corrected chi connectivity index (χ2v) is 4.52. The van der Waals surface area contributed by atoms with Crippen LogP contribution in [0.15, 0.2) is 22.7 Å². The van der Waals surface area contributed by atoms with Crippen LogP contribution < -0.4 is 5.73 Å². The minimum Gasteiger partial charge on any atom is -0.398 e. The second kappa shape index (κ2) is 6.61. The Morgan fingerprint density at radius 1 is 1.47 bits per heavy atom. The fourth-order valence-corrected chi connectivity index (χ4v) is 2.02. The van der Waals surface area contributed by atoms with Crippen LogP contribution >= 0.6 is 15.9 Å². The van der Waals surface area contributed by atoms with E-state index in [2.05, 4.69) is 15.9 Å². The first-order chi connectivity index (χ1) is 8.11. The van der Waals surface area contributed by atoms with Crippen molar-refractivity contribution in [2.75, 3.05) is 25.4 Å². The van der Waals surface area contributed by atoms with Gasteiger partial charge < -0.3 is 15.7 Å². The van der Waals surface area contributed by atoms with Gasteiger partial charge in [0.2, 0.25) is 0 Å². The molecule has 0 saturated carbocycles. The zero-order chi connectivity index (χ0) is 12.8. The molecule has 94 valence electrons. The summed E-state index contributed by atoms with van der Waals surface area (Å²) in [6.45, 7) is 2.92. The Balaban J connectivity index is 2.96. The largest absolute Gasteiger partial charge is 0.398 e. The van der Waals surface area contributed by atoms with Crippen LogP contribution in [-0.4, -0.2) is 35.6 Å². The number of aliphatic hydroxyl groups is 1. The van der Waals surface area contributed by atoms with Crippen molar-refractivity contribution < 1.29 is 9.90 Å². The third-order valence-corrected chi connectivity index (χ3v) is 3.29. The predicted octanol–water partition coefficient (Wildman–Crippen LogP) is 1.88. The number of hydrogen-bond acceptors (Lipinski definition) is 3. The van der Waals surface area contributed by atoms with Crippen molar-refractivity contribution >= 4 is 27.5 Å². The first-order valence-electron chi connectivity index (χ1n) is 5.56. The average Bonchev–Trinajstić information content (AvgIpc) is 2.31. The molecule has 0 heterocycles. The van der Waals surface area contributed by atoms with Gasteiger partial charge in [0.1, 0.15) is 0 Å². The minimum absolute atomic E-state index is 0.0360. The molecule has 0 aliphatic carbocycles. The molecule has 1 amide bonds. The number of rotatable bonds is 5. The number of carbonyl (C=O) groups is 1. The van der Waals surface area contributed by atoms with Crippen LogP contribution in [0.1, 0.15) is 23.7 Å². The molecule has 1 aromatic rings. The van der Waals surface area contributed by atoms with Gasteiger partial charge in [0.15, 0.2) is 0 Å². The van der Waals surface area contributed by atoms with Gasteiger partial charge in [0.25, 0.3) is 5.91 Å². The number of hydrogen-bond donors (Lipinski definition) is 2. The zero-order valence-electron chi connectivity index (χ0n) is 9.82. The SMILES string of the molecule is CCCN(CCO)C(=O)c1cccc(N)c1Br. The lowest BCUT2D eigenvalue weighted by atomic mass is 10.1. The maximum atomic E-state index is 12.2. The average molecular weight is 301 g/mol. The van der Waals surface area contributed by atoms with Crippen molar-refractivity contribution in [3.05, 3.63) is 28.2 Å². The van der Waals surface area contributed by atoms with Crippen molar-refractivity contribution in [2.24, 2.45) is 0 Å². The van der Waals surface area contributed by atoms with Crippen molar-refractivity contribution in [1.82, 2.24) is 4.90 Å². The van der Waals surface area contributed by atoms with Gasteiger partial charge >= 0.3 is 0 Å². The number of halogens is 1. The fourth-order valence-electron chi connectivity index (χ4n) is 1.59. The number of benzene rings is 1. The molecule has 5 heteroatoms. The molecule has 0 radical (unpaired) electrons. The van der Waals surface area contributed by atoms with Crippen molar-refractivity contribution in [3.8, 4) is 0 Å². The number of anilines is 1. The van der Waals surface area contributed by atoms with E-state index in [9.17, 15) is 4.79 Å². The van der Waals surface area contributed by atoms with E-state index in [0.29, 0.717) is 28.8 Å². The van der Waals surface area contributed by atoms with E-state index in [-0.39, 0.29) is 12.5 Å². The van der Waals surface area contributed by atoms with Gasteiger partial charge in [-0.25, -0.2) is 0 Å². The van der Waals surface area contributed by atoms with Crippen LogP contribution in [-0.2, 0) is 0 Å². The Bertz CT molecular complexity index is 390. The summed E-state index contributed by atoms with van der Waals surface area (Å²) < 4.78 is 0.615. The maximum absolute atomic E-state index is 12.2. The molecule has 0 saturated heterocycles. The van der Waals surface area contributed by atoms with Crippen LogP contribution in [0.5, 0.6) is 0 Å². The predicted molar refractivity (Wildman–Crippen MR) is 71.8 cm³/mol. The number of nitrogen functional groups attached to an aromatic ring is 1. The number of carbonyl (C=O) groups excluding carboxylic acids is 1. The van der Waals surface area contributed by atoms with Gasteiger partial charge in [0.05, 0.1) is 16.6 Å². The molecular weight excluding hydrogens is 284 g/mol. The van der Waals surface area contributed by atoms with Gasteiger partial charge in [-0.1, -0.05) is 13.0 Å². The monoisotopic (exact) mass is 300 g/mol. The Kier molecular flexibility index (Phi) is 5.44. The van der Waals surface area contributed by atoms with Crippen LogP contribution in [0, 0.1) is 0 Å². The number of amides is 1. The normalized spacial score (nSPS) is 10.3. The fraction of sp³-hybridized carbons (Fsp3) is 0.417. The Morgan fingerprint density at radius 2 is 2.18 bits per heavy atom. The number of nitrogens with zero attached hydrogens (tertiary/aromatic N) is 1. The summed E-state index contributed by atoms with van der Waals surface area (Å²) in [6, 6.07) is 5.20. The molecule has 0 fully saturated rings. The summed E-state index contributed by atoms with van der Waals surface area (Å²) in [5.74, 6) is -0.111. The second-order valence-electron chi connectivity index (χ2n) is 3.72. The molecule has 17 heavy (non-hydrogen) atoms. The lowest BCUT2D eigenvalue weighted by molar-refractivity contribution is 0.0721. The van der Waals surface area contributed by atoms with Gasteiger partial charge in [-0.3, -0.25) is 4.79 Å². The van der Waals surface area contributed by atoms with E-state index in [1.165, 1.54) is 0 Å². The third-order valence-electron chi connectivity index (χ3n) is 2.41. The van der Waals surface area contributed by atoms with E-state index in [4.69, 9.17) is 10.8 Å². The topological polar surface area (TPSA) is 66.6 Å². The maximum Gasteiger partial charge on any atom is 0.255 e. The summed E-state index contributed by atoms with van der Waals surface area (Å²) in [5, 5.41) is 8.95. The Morgan fingerprint density at radius 3 is 2.76 bits per heavy atom. The van der Waals surface area contributed by atoms with Crippen molar-refractivity contribution in [2.45, 2.75) is 13.3 Å². The summed E-state index contributed by atoms with van der Waals surface area (Å²) in [4.78, 5) is 13.9. The summed E-state index contributed by atoms with van der Waals surface area (Å²) in [6.07, 6.45) is 0.853. The van der Waals surface area contributed by atoms with E-state index in [0.717, 1.165) is 6.42 Å². The molecular formula is C12H17BrN2O2. The van der Waals surface area contributed by atoms with Crippen LogP contribution in [0.4, 0.5) is 5.69 Å². The van der Waals surface area contributed by atoms with Crippen LogP contribution in [0.3, 0.4) is 0 Å². The van der Waals surface area contributed by atoms with Crippen molar-refractivity contribution in [1.29, 1.82) is 0 Å². The molecule has 1 aromatic carbocycles. The molecule has 0 aliphatic heterocycles. The molecule has 4 nitrogen and oxygen atoms in total. The van der Waals surface area contributed by atoms with E-state index in [1.54, 1.807) is 23.1 Å². The smallest absolute Gasteiger partial charge is 0.255 e. The van der Waals surface area contributed by atoms with E-state index < -0.39 is 0 Å². The van der Waals surface area contributed by atoms with Crippen LogP contribution in [0.25, 0.3) is 0 Å². The quantitative estimate of drug-likeness (QED) is 0.816. The van der Waals surface area contributed by atoms with Gasteiger partial charge in [-0.05, 0) is 34.5 Å². The highest BCUT2D eigenvalue weighted by molar-refractivity contribution is 9.10. The minimum atomic E-state index is -0.111. The molecule has 1 rings (SSSR count). The van der Waals surface area contributed by atoms with Gasteiger partial charge in [-0.15, -0.1) is 0 Å². The highest BCUT2D eigenvalue weighted by atomic mass is 79.9. The number of nitrogens with two attached hydrogens (primary N) is 1. The molecule has 0 atom stereocenters. The third kappa shape index (κ3) is 3.44. The standard InChI is InChI=1S/C12H17BrN2O2/c1-2-6-15(7-8-16)12(17)9-4-3-5-10(14)11(9)13/h3-5,16H,2,6-8,14H2,1H3. The van der Waals surface area contributed by atoms with Gasteiger partial charge in [-0.2, -0.15) is 0 Å². The first kappa shape index (κ1) is 14.0. The van der Waals surface area contributed by atoms with Crippen molar-refractivity contribution in [3.63, 3.8) is 0 Å². The highest BCUT2D eigenvalue weighted by Crippen LogP contribution is 2.24. The first-order valence-corrected chi connectivity index (χ1v) is 6.35. The molecule has 0 aliphatic rings. The lowest BCUT2D eigenvalue weighted by Crippen LogP contribution is -2.34. The number of aliphatic hydroxyl groups excluding tert-OH is 1. The highest BCUT2D eigenvalue weighted by Gasteiger charge is 2.17. The molecule has 0 bridgehead atoms. The lowest BCUT2D eigenvalue weighted by Gasteiger charge is -2.21. The van der Waals surface area contributed by atoms with E-state index in [1.807, 2.05) is 6.92 Å². The zero-order valence-corrected chi connectivity index (χ0v) is 11.4. The molecule has 0 spiro atoms. The summed E-state index contributed by atoms with van der Waals surface area (Å²) in [7, 11) is 0. The van der Waals surface area contributed by atoms with E-state index >= 15 is 0 Å². The molecule has 0 unspecified atom stereocenters. The van der Waals surface area contributed by atoms with Gasteiger partial charge in [0, 0.05) is 18.8 Å². The summed E-state index contributed by atoms with van der Waals surface area (Å²) >= 11 is 3.32. The summed E-state index contributed by atoms with van der Waals surface area (Å²) in [5.41, 5.74) is 6.81. The molecule has 3 N–H and O–H groups in total. The molecule has 0 aromatic heterocycles. The van der Waals surface area contributed by atoms with Crippen LogP contribution in [0.2, 0.25) is 0 Å². The Hall–Kier alpha value is -1.07. The Labute approximate surface area is 110 Å².